The lowest BCUT2D eigenvalue weighted by molar-refractivity contribution is 0.164. The molecular formula is C15H23ClN2. The van der Waals surface area contributed by atoms with E-state index in [1.807, 2.05) is 12.1 Å². The molecule has 0 bridgehead atoms. The van der Waals surface area contributed by atoms with E-state index in [0.717, 1.165) is 23.2 Å². The number of nitrogens with two attached hydrogens (primary N) is 1. The maximum absolute atomic E-state index is 6.04. The third kappa shape index (κ3) is 3.63. The van der Waals surface area contributed by atoms with Crippen molar-refractivity contribution in [1.29, 1.82) is 0 Å². The van der Waals surface area contributed by atoms with Crippen LogP contribution >= 0.6 is 11.6 Å². The average Bonchev–Trinajstić information content (AvgIpc) is 2.28. The molecule has 1 aromatic carbocycles. The Hall–Kier alpha value is -0.730. The van der Waals surface area contributed by atoms with E-state index in [9.17, 15) is 0 Å². The van der Waals surface area contributed by atoms with E-state index < -0.39 is 0 Å². The van der Waals surface area contributed by atoms with Gasteiger partial charge in [0.2, 0.25) is 0 Å². The molecule has 1 aliphatic rings. The molecule has 1 saturated carbocycles. The fourth-order valence-corrected chi connectivity index (χ4v) is 3.13. The molecule has 0 unspecified atom stereocenters. The van der Waals surface area contributed by atoms with Gasteiger partial charge in [0, 0.05) is 23.3 Å². The number of nitrogen functional groups attached to an aromatic ring is 1. The predicted octanol–water partition coefficient (Wildman–Crippen LogP) is 3.93. The molecule has 0 saturated heterocycles. The molecule has 1 aliphatic carbocycles. The zero-order valence-corrected chi connectivity index (χ0v) is 12.1. The zero-order chi connectivity index (χ0) is 13.1. The van der Waals surface area contributed by atoms with Gasteiger partial charge in [0.25, 0.3) is 0 Å². The van der Waals surface area contributed by atoms with Crippen LogP contribution < -0.4 is 5.73 Å². The molecule has 0 aliphatic heterocycles. The highest BCUT2D eigenvalue weighted by molar-refractivity contribution is 6.30. The van der Waals surface area contributed by atoms with Gasteiger partial charge >= 0.3 is 0 Å². The molecule has 2 nitrogen and oxygen atoms in total. The van der Waals surface area contributed by atoms with Crippen molar-refractivity contribution < 1.29 is 0 Å². The summed E-state index contributed by atoms with van der Waals surface area (Å²) in [6.07, 6.45) is 5.33. The third-order valence-corrected chi connectivity index (χ3v) is 4.24. The molecule has 0 aromatic heterocycles. The second kappa shape index (κ2) is 5.94. The van der Waals surface area contributed by atoms with E-state index in [0.29, 0.717) is 6.04 Å². The van der Waals surface area contributed by atoms with Gasteiger partial charge in [0.15, 0.2) is 0 Å². The zero-order valence-electron chi connectivity index (χ0n) is 11.3. The summed E-state index contributed by atoms with van der Waals surface area (Å²) in [5.74, 6) is 0.900. The summed E-state index contributed by atoms with van der Waals surface area (Å²) in [5.41, 5.74) is 7.79. The van der Waals surface area contributed by atoms with Crippen LogP contribution in [0.5, 0.6) is 0 Å². The molecule has 0 spiro atoms. The summed E-state index contributed by atoms with van der Waals surface area (Å²) in [6.45, 7) is 3.29. The van der Waals surface area contributed by atoms with E-state index in [1.54, 1.807) is 6.07 Å². The molecule has 18 heavy (non-hydrogen) atoms. The Bertz CT molecular complexity index is 377. The van der Waals surface area contributed by atoms with Gasteiger partial charge in [-0.05, 0) is 62.4 Å². The minimum atomic E-state index is 0.710. The number of anilines is 1. The van der Waals surface area contributed by atoms with Crippen LogP contribution in [-0.4, -0.2) is 18.0 Å². The number of hydrogen-bond donors (Lipinski definition) is 1. The van der Waals surface area contributed by atoms with E-state index in [1.165, 1.54) is 31.2 Å². The van der Waals surface area contributed by atoms with Crippen molar-refractivity contribution in [3.8, 4) is 0 Å². The van der Waals surface area contributed by atoms with Gasteiger partial charge in [0.05, 0.1) is 0 Å². The lowest BCUT2D eigenvalue weighted by Crippen LogP contribution is -2.34. The van der Waals surface area contributed by atoms with Crippen LogP contribution in [0, 0.1) is 5.92 Å². The van der Waals surface area contributed by atoms with E-state index in [-0.39, 0.29) is 0 Å². The number of rotatable bonds is 3. The van der Waals surface area contributed by atoms with Crippen LogP contribution in [0.3, 0.4) is 0 Å². The van der Waals surface area contributed by atoms with Crippen LogP contribution in [0.1, 0.15) is 38.2 Å². The Morgan fingerprint density at radius 1 is 1.22 bits per heavy atom. The molecule has 0 atom stereocenters. The molecule has 2 N–H and O–H groups in total. The Kier molecular flexibility index (Phi) is 4.52. The largest absolute Gasteiger partial charge is 0.399 e. The van der Waals surface area contributed by atoms with Crippen molar-refractivity contribution in [1.82, 2.24) is 4.90 Å². The molecule has 0 radical (unpaired) electrons. The van der Waals surface area contributed by atoms with Crippen LogP contribution in [0.4, 0.5) is 5.69 Å². The molecule has 100 valence electrons. The second-order valence-electron chi connectivity index (χ2n) is 5.72. The highest BCUT2D eigenvalue weighted by atomic mass is 35.5. The first-order chi connectivity index (χ1) is 8.54. The van der Waals surface area contributed by atoms with Crippen LogP contribution in [0.25, 0.3) is 0 Å². The molecule has 1 aromatic rings. The molecular weight excluding hydrogens is 244 g/mol. The van der Waals surface area contributed by atoms with Crippen LogP contribution in [0.15, 0.2) is 18.2 Å². The summed E-state index contributed by atoms with van der Waals surface area (Å²) >= 11 is 6.04. The Balaban J connectivity index is 1.96. The highest BCUT2D eigenvalue weighted by Crippen LogP contribution is 2.27. The maximum Gasteiger partial charge on any atom is 0.0429 e. The topological polar surface area (TPSA) is 29.3 Å². The molecule has 0 amide bonds. The van der Waals surface area contributed by atoms with Gasteiger partial charge in [-0.3, -0.25) is 4.90 Å². The summed E-state index contributed by atoms with van der Waals surface area (Å²) in [4.78, 5) is 2.44. The lowest BCUT2D eigenvalue weighted by Gasteiger charge is -2.33. The van der Waals surface area contributed by atoms with Gasteiger partial charge in [-0.2, -0.15) is 0 Å². The van der Waals surface area contributed by atoms with Crippen molar-refractivity contribution in [2.24, 2.45) is 5.92 Å². The van der Waals surface area contributed by atoms with Gasteiger partial charge in [-0.25, -0.2) is 0 Å². The average molecular weight is 267 g/mol. The Morgan fingerprint density at radius 3 is 2.50 bits per heavy atom. The normalized spacial score (nSPS) is 24.4. The lowest BCUT2D eigenvalue weighted by atomic mass is 9.86. The van der Waals surface area contributed by atoms with Gasteiger partial charge < -0.3 is 5.73 Å². The fraction of sp³-hybridized carbons (Fsp3) is 0.600. The minimum Gasteiger partial charge on any atom is -0.399 e. The molecule has 1 fully saturated rings. The van der Waals surface area contributed by atoms with Crippen LogP contribution in [-0.2, 0) is 6.54 Å². The number of halogens is 1. The van der Waals surface area contributed by atoms with Gasteiger partial charge in [0.1, 0.15) is 0 Å². The van der Waals surface area contributed by atoms with Crippen molar-refractivity contribution >= 4 is 17.3 Å². The van der Waals surface area contributed by atoms with Crippen LogP contribution in [0.2, 0.25) is 5.02 Å². The van der Waals surface area contributed by atoms with E-state index in [2.05, 4.69) is 18.9 Å². The van der Waals surface area contributed by atoms with Crippen molar-refractivity contribution in [3.05, 3.63) is 28.8 Å². The first kappa shape index (κ1) is 13.7. The fourth-order valence-electron chi connectivity index (χ4n) is 2.87. The number of nitrogens with zero attached hydrogens (tertiary/aromatic N) is 1. The van der Waals surface area contributed by atoms with Crippen molar-refractivity contribution in [2.75, 3.05) is 12.8 Å². The van der Waals surface area contributed by atoms with Crippen molar-refractivity contribution in [3.63, 3.8) is 0 Å². The molecule has 2 rings (SSSR count). The minimum absolute atomic E-state index is 0.710. The highest BCUT2D eigenvalue weighted by Gasteiger charge is 2.21. The summed E-state index contributed by atoms with van der Waals surface area (Å²) in [7, 11) is 2.21. The Morgan fingerprint density at radius 2 is 1.89 bits per heavy atom. The maximum atomic E-state index is 6.04. The first-order valence-corrected chi connectivity index (χ1v) is 7.17. The van der Waals surface area contributed by atoms with Crippen molar-refractivity contribution in [2.45, 2.75) is 45.2 Å². The predicted molar refractivity (Wildman–Crippen MR) is 78.8 cm³/mol. The standard InChI is InChI=1S/C15H23ClN2/c1-11-3-5-15(6-4-11)18(2)10-12-7-13(16)9-14(17)8-12/h7-9,11,15H,3-6,10,17H2,1-2H3. The quantitative estimate of drug-likeness (QED) is 0.840. The summed E-state index contributed by atoms with van der Waals surface area (Å²) in [5, 5.41) is 0.732. The SMILES string of the molecule is CC1CCC(N(C)Cc2cc(N)cc(Cl)c2)CC1. The monoisotopic (exact) mass is 266 g/mol. The second-order valence-corrected chi connectivity index (χ2v) is 6.16. The summed E-state index contributed by atoms with van der Waals surface area (Å²) in [6, 6.07) is 6.54. The molecule has 0 heterocycles. The summed E-state index contributed by atoms with van der Waals surface area (Å²) < 4.78 is 0. The first-order valence-electron chi connectivity index (χ1n) is 6.80. The number of benzene rings is 1. The third-order valence-electron chi connectivity index (χ3n) is 4.02. The van der Waals surface area contributed by atoms with Gasteiger partial charge in [-0.15, -0.1) is 0 Å². The van der Waals surface area contributed by atoms with Gasteiger partial charge in [-0.1, -0.05) is 18.5 Å². The van der Waals surface area contributed by atoms with E-state index in [4.69, 9.17) is 17.3 Å². The molecule has 3 heteroatoms. The smallest absolute Gasteiger partial charge is 0.0429 e. The number of hydrogen-bond acceptors (Lipinski definition) is 2. The Labute approximate surface area is 115 Å². The van der Waals surface area contributed by atoms with E-state index >= 15 is 0 Å².